The van der Waals surface area contributed by atoms with Gasteiger partial charge in [0.25, 0.3) is 5.91 Å². The monoisotopic (exact) mass is 379 g/mol. The summed E-state index contributed by atoms with van der Waals surface area (Å²) in [6.07, 6.45) is 0. The molecule has 0 aliphatic carbocycles. The fraction of sp³-hybridized carbons (Fsp3) is 0.235. The second kappa shape index (κ2) is 9.85. The summed E-state index contributed by atoms with van der Waals surface area (Å²) in [5.41, 5.74) is 0.885. The van der Waals surface area contributed by atoms with Crippen molar-refractivity contribution in [2.24, 2.45) is 0 Å². The van der Waals surface area contributed by atoms with E-state index in [1.807, 2.05) is 17.5 Å². The number of thiophene rings is 1. The van der Waals surface area contributed by atoms with Crippen LogP contribution in [0.1, 0.15) is 15.2 Å². The van der Waals surface area contributed by atoms with Crippen molar-refractivity contribution in [3.63, 3.8) is 0 Å². The third-order valence-corrected chi connectivity index (χ3v) is 5.01. The van der Waals surface area contributed by atoms with Gasteiger partial charge in [0.15, 0.2) is 6.61 Å². The van der Waals surface area contributed by atoms with E-state index in [0.717, 1.165) is 5.75 Å². The van der Waals surface area contributed by atoms with Gasteiger partial charge in [0.1, 0.15) is 0 Å². The lowest BCUT2D eigenvalue weighted by Gasteiger charge is -2.07. The molecule has 6 nitrogen and oxygen atoms in total. The largest absolute Gasteiger partial charge is 0.465 e. The first kappa shape index (κ1) is 19.0. The summed E-state index contributed by atoms with van der Waals surface area (Å²) in [7, 11) is 1.30. The molecule has 0 radical (unpaired) electrons. The number of carbonyl (C=O) groups excluding carboxylic acids is 3. The van der Waals surface area contributed by atoms with E-state index in [0.29, 0.717) is 11.3 Å². The fourth-order valence-electron chi connectivity index (χ4n) is 1.82. The molecule has 2 rings (SSSR count). The Morgan fingerprint density at radius 2 is 1.92 bits per heavy atom. The molecule has 1 N–H and O–H groups in total. The molecule has 8 heteroatoms. The van der Waals surface area contributed by atoms with Crippen LogP contribution in [-0.2, 0) is 24.8 Å². The average Bonchev–Trinajstić information content (AvgIpc) is 3.13. The molecule has 1 aromatic heterocycles. The number of hydrogen-bond acceptors (Lipinski definition) is 7. The van der Waals surface area contributed by atoms with Gasteiger partial charge in [0.2, 0.25) is 0 Å². The number of anilines is 1. The Labute approximate surface area is 153 Å². The standard InChI is InChI=1S/C17H17NO5S2/c1-22-17(21)12-4-6-13(7-5-12)18-15(19)9-23-16(20)11-24-10-14-3-2-8-25-14/h2-8H,9-11H2,1H3,(H,18,19). The van der Waals surface area contributed by atoms with E-state index in [9.17, 15) is 14.4 Å². The summed E-state index contributed by atoms with van der Waals surface area (Å²) in [6.45, 7) is -0.350. The van der Waals surface area contributed by atoms with Crippen LogP contribution in [0.5, 0.6) is 0 Å². The number of thioether (sulfide) groups is 1. The van der Waals surface area contributed by atoms with Gasteiger partial charge in [-0.3, -0.25) is 9.59 Å². The Morgan fingerprint density at radius 1 is 1.16 bits per heavy atom. The van der Waals surface area contributed by atoms with Crippen molar-refractivity contribution in [3.05, 3.63) is 52.2 Å². The Bertz CT molecular complexity index is 713. The molecule has 0 unspecified atom stereocenters. The molecule has 0 saturated heterocycles. The molecule has 132 valence electrons. The smallest absolute Gasteiger partial charge is 0.337 e. The van der Waals surface area contributed by atoms with Crippen molar-refractivity contribution < 1.29 is 23.9 Å². The van der Waals surface area contributed by atoms with Gasteiger partial charge in [-0.05, 0) is 35.7 Å². The number of ether oxygens (including phenoxy) is 2. The Hall–Kier alpha value is -2.32. The topological polar surface area (TPSA) is 81.7 Å². The third-order valence-electron chi connectivity index (χ3n) is 3.00. The van der Waals surface area contributed by atoms with Gasteiger partial charge in [0, 0.05) is 16.3 Å². The van der Waals surface area contributed by atoms with E-state index in [1.54, 1.807) is 23.5 Å². The number of esters is 2. The van der Waals surface area contributed by atoms with Gasteiger partial charge in [-0.2, -0.15) is 0 Å². The number of amides is 1. The van der Waals surface area contributed by atoms with E-state index in [4.69, 9.17) is 4.74 Å². The van der Waals surface area contributed by atoms with Crippen molar-refractivity contribution in [1.29, 1.82) is 0 Å². The highest BCUT2D eigenvalue weighted by molar-refractivity contribution is 7.99. The number of nitrogens with one attached hydrogen (secondary N) is 1. The summed E-state index contributed by atoms with van der Waals surface area (Å²) in [5, 5.41) is 4.57. The maximum Gasteiger partial charge on any atom is 0.337 e. The minimum atomic E-state index is -0.452. The van der Waals surface area contributed by atoms with Gasteiger partial charge < -0.3 is 14.8 Å². The molecule has 0 spiro atoms. The number of hydrogen-bond donors (Lipinski definition) is 1. The molecular weight excluding hydrogens is 362 g/mol. The first-order valence-electron chi connectivity index (χ1n) is 7.32. The first-order chi connectivity index (χ1) is 12.1. The molecule has 0 atom stereocenters. The van der Waals surface area contributed by atoms with E-state index in [2.05, 4.69) is 10.1 Å². The lowest BCUT2D eigenvalue weighted by molar-refractivity contribution is -0.144. The van der Waals surface area contributed by atoms with E-state index in [1.165, 1.54) is 35.9 Å². The van der Waals surface area contributed by atoms with Crippen LogP contribution in [0.15, 0.2) is 41.8 Å². The molecule has 1 heterocycles. The highest BCUT2D eigenvalue weighted by Gasteiger charge is 2.09. The Kier molecular flexibility index (Phi) is 7.49. The van der Waals surface area contributed by atoms with E-state index in [-0.39, 0.29) is 12.4 Å². The average molecular weight is 379 g/mol. The molecule has 25 heavy (non-hydrogen) atoms. The normalized spacial score (nSPS) is 10.1. The summed E-state index contributed by atoms with van der Waals surface area (Å²) in [6, 6.07) is 10.2. The highest BCUT2D eigenvalue weighted by Crippen LogP contribution is 2.17. The molecule has 1 aromatic carbocycles. The predicted molar refractivity (Wildman–Crippen MR) is 97.9 cm³/mol. The van der Waals surface area contributed by atoms with Crippen molar-refractivity contribution in [2.75, 3.05) is 24.8 Å². The second-order valence-electron chi connectivity index (χ2n) is 4.85. The van der Waals surface area contributed by atoms with Crippen molar-refractivity contribution in [1.82, 2.24) is 0 Å². The number of benzene rings is 1. The Morgan fingerprint density at radius 3 is 2.56 bits per heavy atom. The van der Waals surface area contributed by atoms with E-state index >= 15 is 0 Å². The molecule has 1 amide bonds. The van der Waals surface area contributed by atoms with Crippen molar-refractivity contribution in [2.45, 2.75) is 5.75 Å². The van der Waals surface area contributed by atoms with Crippen LogP contribution in [0.2, 0.25) is 0 Å². The van der Waals surface area contributed by atoms with Crippen LogP contribution < -0.4 is 5.32 Å². The number of methoxy groups -OCH3 is 1. The Balaban J connectivity index is 1.67. The zero-order valence-corrected chi connectivity index (χ0v) is 15.2. The van der Waals surface area contributed by atoms with Gasteiger partial charge >= 0.3 is 11.9 Å². The summed E-state index contributed by atoms with van der Waals surface area (Å²) < 4.78 is 9.53. The predicted octanol–water partition coefficient (Wildman–Crippen LogP) is 2.95. The minimum absolute atomic E-state index is 0.193. The fourth-order valence-corrected chi connectivity index (χ4v) is 3.48. The molecule has 0 aliphatic rings. The van der Waals surface area contributed by atoms with Crippen molar-refractivity contribution in [3.8, 4) is 0 Å². The first-order valence-corrected chi connectivity index (χ1v) is 9.36. The van der Waals surface area contributed by atoms with Gasteiger partial charge in [-0.15, -0.1) is 23.1 Å². The molecule has 0 fully saturated rings. The zero-order valence-electron chi connectivity index (χ0n) is 13.5. The summed E-state index contributed by atoms with van der Waals surface area (Å²) >= 11 is 3.07. The maximum absolute atomic E-state index is 11.8. The minimum Gasteiger partial charge on any atom is -0.465 e. The summed E-state index contributed by atoms with van der Waals surface area (Å²) in [4.78, 5) is 35.9. The number of carbonyl (C=O) groups is 3. The van der Waals surface area contributed by atoms with Gasteiger partial charge in [-0.1, -0.05) is 6.07 Å². The SMILES string of the molecule is COC(=O)c1ccc(NC(=O)COC(=O)CSCc2cccs2)cc1. The van der Waals surface area contributed by atoms with Gasteiger partial charge in [-0.25, -0.2) is 4.79 Å². The van der Waals surface area contributed by atoms with Crippen LogP contribution in [0.25, 0.3) is 0 Å². The maximum atomic E-state index is 11.8. The molecular formula is C17H17NO5S2. The lowest BCUT2D eigenvalue weighted by Crippen LogP contribution is -2.21. The van der Waals surface area contributed by atoms with Crippen LogP contribution in [0, 0.1) is 0 Å². The summed E-state index contributed by atoms with van der Waals surface area (Å²) in [5.74, 6) is -0.392. The zero-order chi connectivity index (χ0) is 18.1. The second-order valence-corrected chi connectivity index (χ2v) is 6.87. The third kappa shape index (κ3) is 6.60. The van der Waals surface area contributed by atoms with Crippen LogP contribution in [0.4, 0.5) is 5.69 Å². The van der Waals surface area contributed by atoms with Crippen LogP contribution >= 0.6 is 23.1 Å². The molecule has 0 saturated carbocycles. The van der Waals surface area contributed by atoms with Crippen LogP contribution in [-0.4, -0.2) is 37.3 Å². The van der Waals surface area contributed by atoms with Gasteiger partial charge in [0.05, 0.1) is 18.4 Å². The highest BCUT2D eigenvalue weighted by atomic mass is 32.2. The van der Waals surface area contributed by atoms with Crippen LogP contribution in [0.3, 0.4) is 0 Å². The van der Waals surface area contributed by atoms with Crippen molar-refractivity contribution >= 4 is 46.6 Å². The molecule has 0 aliphatic heterocycles. The number of rotatable bonds is 8. The quantitative estimate of drug-likeness (QED) is 0.710. The molecule has 2 aromatic rings. The van der Waals surface area contributed by atoms with E-state index < -0.39 is 17.8 Å². The molecule has 0 bridgehead atoms. The lowest BCUT2D eigenvalue weighted by atomic mass is 10.2.